The fraction of sp³-hybridized carbons (Fsp3) is 0.471. The van der Waals surface area contributed by atoms with Crippen molar-refractivity contribution < 1.29 is 9.53 Å². The minimum atomic E-state index is 0.296. The average Bonchev–Trinajstić information content (AvgIpc) is 2.93. The molecule has 0 aliphatic heterocycles. The second kappa shape index (κ2) is 7.73. The monoisotopic (exact) mass is 301 g/mol. The molecule has 5 nitrogen and oxygen atoms in total. The number of hydrogen-bond acceptors (Lipinski definition) is 4. The Balaban J connectivity index is 2.06. The molecule has 0 fully saturated rings. The summed E-state index contributed by atoms with van der Waals surface area (Å²) in [6.45, 7) is 7.47. The van der Waals surface area contributed by atoms with Crippen LogP contribution in [0.5, 0.6) is 5.75 Å². The summed E-state index contributed by atoms with van der Waals surface area (Å²) in [6, 6.07) is 7.98. The van der Waals surface area contributed by atoms with Gasteiger partial charge in [0.2, 0.25) is 0 Å². The number of nitrogens with zero attached hydrogens (tertiary/aromatic N) is 3. The second-order valence-corrected chi connectivity index (χ2v) is 5.73. The Hall–Kier alpha value is -2.17. The number of aldehydes is 1. The Bertz CT molecular complexity index is 603. The number of aromatic nitrogens is 3. The van der Waals surface area contributed by atoms with E-state index in [2.05, 4.69) is 31.1 Å². The van der Waals surface area contributed by atoms with E-state index >= 15 is 0 Å². The van der Waals surface area contributed by atoms with Crippen molar-refractivity contribution in [2.75, 3.05) is 0 Å². The lowest BCUT2D eigenvalue weighted by atomic mass is 10.1. The number of rotatable bonds is 8. The van der Waals surface area contributed by atoms with Crippen molar-refractivity contribution in [2.24, 2.45) is 5.92 Å². The zero-order valence-electron chi connectivity index (χ0n) is 13.5. The average molecular weight is 301 g/mol. The van der Waals surface area contributed by atoms with Crippen LogP contribution in [0.1, 0.15) is 48.9 Å². The third-order valence-corrected chi connectivity index (χ3v) is 3.60. The largest absolute Gasteiger partial charge is 0.487 e. The molecule has 0 atom stereocenters. The number of benzene rings is 1. The van der Waals surface area contributed by atoms with Crippen LogP contribution in [0.3, 0.4) is 0 Å². The molecule has 5 heteroatoms. The van der Waals surface area contributed by atoms with Crippen molar-refractivity contribution in [3.63, 3.8) is 0 Å². The topological polar surface area (TPSA) is 57.0 Å². The van der Waals surface area contributed by atoms with Gasteiger partial charge in [-0.05, 0) is 36.5 Å². The molecule has 1 aromatic carbocycles. The van der Waals surface area contributed by atoms with Crippen molar-refractivity contribution in [3.05, 3.63) is 41.2 Å². The first-order valence-electron chi connectivity index (χ1n) is 7.73. The van der Waals surface area contributed by atoms with Crippen LogP contribution < -0.4 is 4.74 Å². The molecular formula is C17H23N3O2. The zero-order valence-corrected chi connectivity index (χ0v) is 13.5. The van der Waals surface area contributed by atoms with Gasteiger partial charge in [0, 0.05) is 6.54 Å². The molecule has 2 rings (SSSR count). The van der Waals surface area contributed by atoms with E-state index in [1.165, 1.54) is 5.56 Å². The summed E-state index contributed by atoms with van der Waals surface area (Å²) < 4.78 is 7.55. The van der Waals surface area contributed by atoms with Crippen LogP contribution in [0, 0.1) is 5.92 Å². The van der Waals surface area contributed by atoms with Crippen LogP contribution in [0.15, 0.2) is 24.3 Å². The summed E-state index contributed by atoms with van der Waals surface area (Å²) in [5, 5.41) is 7.97. The van der Waals surface area contributed by atoms with Gasteiger partial charge in [-0.1, -0.05) is 38.1 Å². The first kappa shape index (κ1) is 16.2. The van der Waals surface area contributed by atoms with E-state index in [9.17, 15) is 4.79 Å². The molecule has 0 amide bonds. The lowest BCUT2D eigenvalue weighted by Crippen LogP contribution is -2.11. The highest BCUT2D eigenvalue weighted by molar-refractivity contribution is 5.73. The molecule has 0 saturated heterocycles. The molecule has 0 aliphatic rings. The maximum Gasteiger partial charge on any atom is 0.172 e. The van der Waals surface area contributed by atoms with Crippen molar-refractivity contribution in [1.29, 1.82) is 0 Å². The van der Waals surface area contributed by atoms with Crippen LogP contribution >= 0.6 is 0 Å². The molecule has 1 aromatic heterocycles. The molecule has 2 aromatic rings. The number of aryl methyl sites for hydroxylation is 2. The summed E-state index contributed by atoms with van der Waals surface area (Å²) in [5.74, 6) is 1.35. The van der Waals surface area contributed by atoms with E-state index in [0.717, 1.165) is 37.1 Å². The van der Waals surface area contributed by atoms with Crippen LogP contribution in [-0.2, 0) is 19.6 Å². The van der Waals surface area contributed by atoms with Gasteiger partial charge in [0.1, 0.15) is 18.1 Å². The predicted octanol–water partition coefficient (Wildman–Crippen LogP) is 3.28. The van der Waals surface area contributed by atoms with E-state index in [4.69, 9.17) is 4.74 Å². The van der Waals surface area contributed by atoms with Crippen molar-refractivity contribution in [1.82, 2.24) is 15.0 Å². The number of hydrogen-bond donors (Lipinski definition) is 0. The number of ether oxygens (including phenoxy) is 1. The molecule has 22 heavy (non-hydrogen) atoms. The molecule has 0 radical (unpaired) electrons. The minimum Gasteiger partial charge on any atom is -0.487 e. The van der Waals surface area contributed by atoms with Gasteiger partial charge in [0.05, 0.1) is 0 Å². The number of carbonyl (C=O) groups excluding carboxylic acids is 1. The molecule has 0 N–H and O–H groups in total. The van der Waals surface area contributed by atoms with Gasteiger partial charge in [-0.25, -0.2) is 4.68 Å². The normalized spacial score (nSPS) is 10.9. The summed E-state index contributed by atoms with van der Waals surface area (Å²) in [4.78, 5) is 11.1. The van der Waals surface area contributed by atoms with Crippen molar-refractivity contribution in [3.8, 4) is 5.75 Å². The van der Waals surface area contributed by atoms with E-state index in [0.29, 0.717) is 18.2 Å². The highest BCUT2D eigenvalue weighted by atomic mass is 16.5. The van der Waals surface area contributed by atoms with Gasteiger partial charge < -0.3 is 4.74 Å². The summed E-state index contributed by atoms with van der Waals surface area (Å²) in [5.41, 5.74) is 2.36. The highest BCUT2D eigenvalue weighted by Crippen LogP contribution is 2.16. The SMILES string of the molecule is CCc1ccc(OCc2c(C=O)nnn2CCC(C)C)cc1. The van der Waals surface area contributed by atoms with Gasteiger partial charge in [-0.2, -0.15) is 0 Å². The quantitative estimate of drug-likeness (QED) is 0.702. The third-order valence-electron chi connectivity index (χ3n) is 3.60. The van der Waals surface area contributed by atoms with Gasteiger partial charge in [-0.3, -0.25) is 4.79 Å². The Morgan fingerprint density at radius 2 is 2.00 bits per heavy atom. The first-order valence-corrected chi connectivity index (χ1v) is 7.73. The molecule has 0 aliphatic carbocycles. The first-order chi connectivity index (χ1) is 10.6. The second-order valence-electron chi connectivity index (χ2n) is 5.73. The van der Waals surface area contributed by atoms with Crippen LogP contribution in [0.2, 0.25) is 0 Å². The fourth-order valence-corrected chi connectivity index (χ4v) is 2.12. The van der Waals surface area contributed by atoms with Crippen molar-refractivity contribution in [2.45, 2.75) is 46.8 Å². The molecule has 0 saturated carbocycles. The Labute approximate surface area is 131 Å². The van der Waals surface area contributed by atoms with Gasteiger partial charge in [0.15, 0.2) is 12.0 Å². The Morgan fingerprint density at radius 3 is 2.59 bits per heavy atom. The molecule has 0 spiro atoms. The van der Waals surface area contributed by atoms with E-state index < -0.39 is 0 Å². The molecular weight excluding hydrogens is 278 g/mol. The lowest BCUT2D eigenvalue weighted by Gasteiger charge is -2.10. The predicted molar refractivity (Wildman–Crippen MR) is 85.0 cm³/mol. The molecule has 1 heterocycles. The summed E-state index contributed by atoms with van der Waals surface area (Å²) in [6.07, 6.45) is 2.72. The minimum absolute atomic E-state index is 0.296. The number of carbonyl (C=O) groups is 1. The van der Waals surface area contributed by atoms with Crippen LogP contribution in [0.4, 0.5) is 0 Å². The Kier molecular flexibility index (Phi) is 5.69. The maximum atomic E-state index is 11.1. The fourth-order valence-electron chi connectivity index (χ4n) is 2.12. The molecule has 0 bridgehead atoms. The molecule has 0 unspecified atom stereocenters. The van der Waals surface area contributed by atoms with E-state index in [1.807, 2.05) is 24.3 Å². The van der Waals surface area contributed by atoms with Gasteiger partial charge >= 0.3 is 0 Å². The summed E-state index contributed by atoms with van der Waals surface area (Å²) >= 11 is 0. The maximum absolute atomic E-state index is 11.1. The lowest BCUT2D eigenvalue weighted by molar-refractivity contribution is 0.111. The smallest absolute Gasteiger partial charge is 0.172 e. The standard InChI is InChI=1S/C17H23N3O2/c1-4-14-5-7-15(8-6-14)22-12-17-16(11-21)18-19-20(17)10-9-13(2)3/h5-8,11,13H,4,9-10,12H2,1-3H3. The van der Waals surface area contributed by atoms with Gasteiger partial charge in [-0.15, -0.1) is 5.10 Å². The Morgan fingerprint density at radius 1 is 1.27 bits per heavy atom. The van der Waals surface area contributed by atoms with E-state index in [1.54, 1.807) is 4.68 Å². The van der Waals surface area contributed by atoms with Crippen molar-refractivity contribution >= 4 is 6.29 Å². The van der Waals surface area contributed by atoms with Crippen LogP contribution in [-0.4, -0.2) is 21.3 Å². The zero-order chi connectivity index (χ0) is 15.9. The van der Waals surface area contributed by atoms with E-state index in [-0.39, 0.29) is 0 Å². The highest BCUT2D eigenvalue weighted by Gasteiger charge is 2.13. The summed E-state index contributed by atoms with van der Waals surface area (Å²) in [7, 11) is 0. The molecule has 118 valence electrons. The van der Waals surface area contributed by atoms with Crippen LogP contribution in [0.25, 0.3) is 0 Å². The van der Waals surface area contributed by atoms with Gasteiger partial charge in [0.25, 0.3) is 0 Å². The third kappa shape index (κ3) is 4.16.